The number of fused-ring (bicyclic) bond motifs is 6. The topological polar surface area (TPSA) is 330 Å². The summed E-state index contributed by atoms with van der Waals surface area (Å²) in [6.07, 6.45) is 15.2. The first-order valence-corrected chi connectivity index (χ1v) is 42.5. The molecular formula is C80H81BBrF3N12O14S3. The van der Waals surface area contributed by atoms with Crippen molar-refractivity contribution in [2.75, 3.05) is 54.5 Å². The lowest BCUT2D eigenvalue weighted by atomic mass is 9.76. The summed E-state index contributed by atoms with van der Waals surface area (Å²) in [5, 5.41) is 19.2. The number of imidazole rings is 3. The summed E-state index contributed by atoms with van der Waals surface area (Å²) in [5.74, 6) is 2.17. The minimum Gasteiger partial charge on any atom is -0.493 e. The molecule has 4 aliphatic heterocycles. The smallest absolute Gasteiger partial charge is 0.493 e. The molecule has 0 aliphatic carbocycles. The van der Waals surface area contributed by atoms with E-state index in [1.165, 1.54) is 50.6 Å². The van der Waals surface area contributed by atoms with Crippen LogP contribution in [0.15, 0.2) is 147 Å². The Morgan fingerprint density at radius 3 is 1.24 bits per heavy atom. The maximum atomic E-state index is 14.6. The van der Waals surface area contributed by atoms with E-state index in [0.717, 1.165) is 62.0 Å². The number of nitrogens with one attached hydrogen (secondary N) is 3. The Morgan fingerprint density at radius 1 is 0.500 bits per heavy atom. The van der Waals surface area contributed by atoms with Crippen molar-refractivity contribution in [2.24, 2.45) is 0 Å². The van der Waals surface area contributed by atoms with E-state index in [2.05, 4.69) is 61.8 Å². The molecule has 12 aromatic rings. The van der Waals surface area contributed by atoms with E-state index >= 15 is 0 Å². The Hall–Kier alpha value is -10.6. The number of ether oxygens (including phenoxy) is 3. The molecule has 0 bridgehead atoms. The van der Waals surface area contributed by atoms with Gasteiger partial charge in [0.2, 0.25) is 17.8 Å². The molecule has 1 saturated heterocycles. The van der Waals surface area contributed by atoms with Gasteiger partial charge in [-0.25, -0.2) is 68.3 Å². The molecule has 4 N–H and O–H groups in total. The van der Waals surface area contributed by atoms with E-state index in [1.807, 2.05) is 48.5 Å². The van der Waals surface area contributed by atoms with E-state index in [4.69, 9.17) is 23.5 Å². The van der Waals surface area contributed by atoms with Crippen LogP contribution in [-0.2, 0) is 84.3 Å². The highest BCUT2D eigenvalue weighted by Gasteiger charge is 2.52. The molecule has 0 amide bonds. The van der Waals surface area contributed by atoms with Crippen LogP contribution in [0, 0.1) is 38.2 Å². The van der Waals surface area contributed by atoms with Crippen LogP contribution in [0.25, 0.3) is 39.2 Å². The number of benzene rings is 6. The van der Waals surface area contributed by atoms with Crippen LogP contribution in [0.4, 0.5) is 31.0 Å². The summed E-state index contributed by atoms with van der Waals surface area (Å²) in [6.45, 7) is 18.4. The summed E-state index contributed by atoms with van der Waals surface area (Å²) in [4.78, 5) is 51.2. The van der Waals surface area contributed by atoms with Gasteiger partial charge in [-0.2, -0.15) is 0 Å². The zero-order chi connectivity index (χ0) is 81.8. The number of aryl methyl sites for hydroxylation is 3. The number of hydrogen-bond acceptors (Lipinski definition) is 23. The number of nitrogens with zero attached hydrogens (tertiary/aromatic N) is 9. The third-order valence-electron chi connectivity index (χ3n) is 20.5. The fourth-order valence-corrected chi connectivity index (χ4v) is 16.1. The average molecular weight is 1680 g/mol. The summed E-state index contributed by atoms with van der Waals surface area (Å²) in [5.41, 5.74) is 12.1. The summed E-state index contributed by atoms with van der Waals surface area (Å²) in [7, 11) is -10.3. The third kappa shape index (κ3) is 16.8. The van der Waals surface area contributed by atoms with E-state index in [-0.39, 0.29) is 70.7 Å². The number of carbonyl (C=O) groups is 2. The largest absolute Gasteiger partial charge is 0.495 e. The van der Waals surface area contributed by atoms with Gasteiger partial charge in [-0.15, -0.1) is 0 Å². The number of aliphatic hydroxyl groups is 1. The van der Waals surface area contributed by atoms with Gasteiger partial charge in [0.15, 0.2) is 46.7 Å². The van der Waals surface area contributed by atoms with E-state index in [1.54, 1.807) is 117 Å². The molecule has 114 heavy (non-hydrogen) atoms. The molecule has 0 unspecified atom stereocenters. The molecule has 10 heterocycles. The molecule has 26 nitrogen and oxygen atoms in total. The first kappa shape index (κ1) is 81.4. The van der Waals surface area contributed by atoms with Gasteiger partial charge < -0.3 is 44.6 Å². The molecular weight excluding hydrogens is 1600 g/mol. The number of aromatic nitrogens is 9. The summed E-state index contributed by atoms with van der Waals surface area (Å²) in [6, 6.07) is 23.9. The van der Waals surface area contributed by atoms with Crippen LogP contribution in [0.2, 0.25) is 0 Å². The lowest BCUT2D eigenvalue weighted by Crippen LogP contribution is -2.41. The van der Waals surface area contributed by atoms with Crippen LogP contribution >= 0.6 is 15.9 Å². The number of hydrogen-bond donors (Lipinski definition) is 4. The van der Waals surface area contributed by atoms with Crippen molar-refractivity contribution < 1.29 is 76.6 Å². The Bertz CT molecular complexity index is 6230. The van der Waals surface area contributed by atoms with Crippen LogP contribution in [0.3, 0.4) is 0 Å². The first-order chi connectivity index (χ1) is 53.9. The van der Waals surface area contributed by atoms with Crippen molar-refractivity contribution >= 4 is 104 Å². The number of rotatable bonds is 18. The number of aliphatic hydroxyl groups excluding tert-OH is 1. The highest BCUT2D eigenvalue weighted by atomic mass is 79.9. The lowest BCUT2D eigenvalue weighted by Gasteiger charge is -2.32. The molecule has 594 valence electrons. The van der Waals surface area contributed by atoms with Crippen LogP contribution in [0.5, 0.6) is 17.2 Å². The van der Waals surface area contributed by atoms with Crippen LogP contribution in [0.1, 0.15) is 118 Å². The molecule has 6 aromatic carbocycles. The first-order valence-electron chi connectivity index (χ1n) is 36.1. The van der Waals surface area contributed by atoms with Crippen molar-refractivity contribution in [3.05, 3.63) is 217 Å². The fourth-order valence-electron chi connectivity index (χ4n) is 13.6. The molecule has 6 aromatic heterocycles. The van der Waals surface area contributed by atoms with Crippen molar-refractivity contribution in [3.8, 4) is 39.5 Å². The molecule has 0 radical (unpaired) electrons. The SMILES string of the molecule is CC(=O)c1cn2c(NCc3c(F)ccc4c3CCO4)ncc(-c3ccc(S(C)(=O)=O)cc3C)c2n1.CC(=O)c1cn2c(NCc3c(F)ccc4c3CCO4)ncc(Br)c2n1.Cc1cc(S(C)(=O)=O)ccc1-c1cnc(NCc2c(F)ccc3c2CCO3)n2cc(CO)nc12.Cc1cc(S(C)(=O)=O)ccc1B1OC(C)(C)C(C)(C)O1. The lowest BCUT2D eigenvalue weighted by molar-refractivity contribution is 0.00578. The normalized spacial score (nSPS) is 14.5. The number of anilines is 3. The van der Waals surface area contributed by atoms with Crippen LogP contribution in [-0.4, -0.2) is 142 Å². The van der Waals surface area contributed by atoms with Gasteiger partial charge in [-0.1, -0.05) is 23.8 Å². The zero-order valence-electron chi connectivity index (χ0n) is 64.3. The second kappa shape index (κ2) is 32.0. The predicted octanol–water partition coefficient (Wildman–Crippen LogP) is 12.4. The number of sulfone groups is 3. The third-order valence-corrected chi connectivity index (χ3v) is 24.4. The van der Waals surface area contributed by atoms with E-state index < -0.39 is 47.8 Å². The molecule has 0 spiro atoms. The summed E-state index contributed by atoms with van der Waals surface area (Å²) < 4.78 is 149. The van der Waals surface area contributed by atoms with E-state index in [9.17, 15) is 53.1 Å². The van der Waals surface area contributed by atoms with Gasteiger partial charge in [-0.05, 0) is 165 Å². The fraction of sp³-hybridized carbons (Fsp3) is 0.300. The van der Waals surface area contributed by atoms with Gasteiger partial charge in [0.05, 0.1) is 62.5 Å². The molecule has 0 saturated carbocycles. The maximum Gasteiger partial charge on any atom is 0.495 e. The average Bonchev–Trinajstić information content (AvgIpc) is 1.01. The standard InChI is InChI=1S/C25H23FN4O4S.C24H23FN4O4S.C17H14BrFN4O2.C14H21BO4S/c1-14-10-16(35(3,32)33)4-5-17(14)20-12-28-25(30-13-22(15(2)31)29-24(20)30)27-11-19-18-8-9-34-23(18)7-6-21(19)26;1-14-9-16(34(2,31)32)3-4-17(14)20-11-27-24(29-12-15(13-30)28-23(20)29)26-10-19-18-7-8-33-22(18)6-5-21(19)25;1-9(24)14-8-23-16(22-14)12(18)7-21-17(23)20-6-11-10-4-5-25-15(10)3-2-13(11)19;1-10-9-11(20(6,16)17)7-8-12(10)15-18-13(2,3)14(4,5)19-15/h4-7,10,12-13H,8-9,11H2,1-3H3,(H,27,28);3-6,9,11-12,30H,7-8,10,13H2,1-2H3,(H,26,27);2-3,7-8H,4-6H2,1H3,(H,20,21);7-9H,1-6H3. The van der Waals surface area contributed by atoms with Crippen LogP contribution < -0.4 is 35.6 Å². The van der Waals surface area contributed by atoms with Gasteiger partial charge in [0.1, 0.15) is 57.4 Å². The monoisotopic (exact) mass is 1680 g/mol. The Kier molecular flexibility index (Phi) is 22.8. The van der Waals surface area contributed by atoms with Gasteiger partial charge >= 0.3 is 7.12 Å². The second-order valence-electron chi connectivity index (χ2n) is 29.0. The molecule has 1 fully saturated rings. The molecule has 16 rings (SSSR count). The quantitative estimate of drug-likeness (QED) is 0.0458. The molecule has 0 atom stereocenters. The number of Topliss-reactive ketones (excluding diaryl/α,β-unsaturated/α-hetero) is 2. The Labute approximate surface area is 665 Å². The molecule has 34 heteroatoms. The number of halogens is 4. The van der Waals surface area contributed by atoms with Gasteiger partial charge in [0.25, 0.3) is 0 Å². The van der Waals surface area contributed by atoms with E-state index in [0.29, 0.717) is 134 Å². The van der Waals surface area contributed by atoms with Crippen molar-refractivity contribution in [1.29, 1.82) is 0 Å². The highest BCUT2D eigenvalue weighted by molar-refractivity contribution is 9.10. The van der Waals surface area contributed by atoms with Gasteiger partial charge in [0, 0.05) is 153 Å². The number of carbonyl (C=O) groups excluding carboxylic acids is 2. The minimum absolute atomic E-state index is 0.134. The Balaban J connectivity index is 0.000000136. The number of ketones is 2. The van der Waals surface area contributed by atoms with Crippen molar-refractivity contribution in [3.63, 3.8) is 0 Å². The molecule has 4 aliphatic rings. The Morgan fingerprint density at radius 2 is 0.860 bits per heavy atom. The van der Waals surface area contributed by atoms with Crippen molar-refractivity contribution in [1.82, 2.24) is 43.1 Å². The second-order valence-corrected chi connectivity index (χ2v) is 35.9. The predicted molar refractivity (Wildman–Crippen MR) is 428 cm³/mol. The summed E-state index contributed by atoms with van der Waals surface area (Å²) >= 11 is 3.38. The zero-order valence-corrected chi connectivity index (χ0v) is 68.3. The van der Waals surface area contributed by atoms with Gasteiger partial charge in [-0.3, -0.25) is 22.8 Å². The minimum atomic E-state index is -3.35. The van der Waals surface area contributed by atoms with Crippen molar-refractivity contribution in [2.45, 2.75) is 134 Å². The highest BCUT2D eigenvalue weighted by Crippen LogP contribution is 2.39. The maximum absolute atomic E-state index is 14.6.